The fourth-order valence-corrected chi connectivity index (χ4v) is 2.46. The van der Waals surface area contributed by atoms with Crippen LogP contribution in [0.5, 0.6) is 0 Å². The van der Waals surface area contributed by atoms with Crippen molar-refractivity contribution in [2.75, 3.05) is 11.4 Å². The first-order valence-corrected chi connectivity index (χ1v) is 7.66. The van der Waals surface area contributed by atoms with Gasteiger partial charge in [-0.15, -0.1) is 0 Å². The minimum Gasteiger partial charge on any atom is -0.349 e. The molecule has 5 nitrogen and oxygen atoms in total. The average Bonchev–Trinajstić information content (AvgIpc) is 2.94. The smallest absolute Gasteiger partial charge is 0.250 e. The standard InChI is InChI=1S/C17H23N3O2/c1-3-14(19-17(22)12(2)18)8-9-16(21)20-11-10-13-6-4-5-7-15(13)20/h4-9,12,14H,3,10-11,18H2,1-2H3,(H,19,22). The van der Waals surface area contributed by atoms with Gasteiger partial charge in [-0.3, -0.25) is 9.59 Å². The average molecular weight is 301 g/mol. The van der Waals surface area contributed by atoms with Gasteiger partial charge in [0.1, 0.15) is 0 Å². The molecular weight excluding hydrogens is 278 g/mol. The molecule has 0 fully saturated rings. The number of fused-ring (bicyclic) bond motifs is 1. The summed E-state index contributed by atoms with van der Waals surface area (Å²) in [4.78, 5) is 25.7. The summed E-state index contributed by atoms with van der Waals surface area (Å²) < 4.78 is 0. The molecule has 1 aromatic rings. The van der Waals surface area contributed by atoms with Crippen LogP contribution in [0.3, 0.4) is 0 Å². The van der Waals surface area contributed by atoms with E-state index in [2.05, 4.69) is 5.32 Å². The van der Waals surface area contributed by atoms with E-state index in [4.69, 9.17) is 5.73 Å². The highest BCUT2D eigenvalue weighted by Gasteiger charge is 2.22. The molecule has 22 heavy (non-hydrogen) atoms. The van der Waals surface area contributed by atoms with Crippen molar-refractivity contribution in [2.24, 2.45) is 5.73 Å². The van der Waals surface area contributed by atoms with Crippen LogP contribution in [0.4, 0.5) is 5.69 Å². The molecule has 0 spiro atoms. The second-order valence-corrected chi connectivity index (χ2v) is 5.54. The largest absolute Gasteiger partial charge is 0.349 e. The Morgan fingerprint density at radius 2 is 2.14 bits per heavy atom. The van der Waals surface area contributed by atoms with Gasteiger partial charge in [0.05, 0.1) is 6.04 Å². The lowest BCUT2D eigenvalue weighted by Crippen LogP contribution is -2.43. The van der Waals surface area contributed by atoms with Crippen LogP contribution in [-0.2, 0) is 16.0 Å². The summed E-state index contributed by atoms with van der Waals surface area (Å²) in [6.07, 6.45) is 4.87. The first-order valence-electron chi connectivity index (χ1n) is 7.66. The fraction of sp³-hybridized carbons (Fsp3) is 0.412. The van der Waals surface area contributed by atoms with Crippen LogP contribution in [0.2, 0.25) is 0 Å². The van der Waals surface area contributed by atoms with Crippen LogP contribution in [0.1, 0.15) is 25.8 Å². The lowest BCUT2D eigenvalue weighted by Gasteiger charge is -2.17. The van der Waals surface area contributed by atoms with E-state index in [1.807, 2.05) is 31.2 Å². The third-order valence-electron chi connectivity index (χ3n) is 3.81. The molecule has 0 bridgehead atoms. The van der Waals surface area contributed by atoms with E-state index in [1.54, 1.807) is 17.9 Å². The Labute approximate surface area is 131 Å². The minimum absolute atomic E-state index is 0.0570. The Hall–Kier alpha value is -2.14. The first-order chi connectivity index (χ1) is 10.5. The number of amides is 2. The highest BCUT2D eigenvalue weighted by Crippen LogP contribution is 2.27. The van der Waals surface area contributed by atoms with Crippen molar-refractivity contribution < 1.29 is 9.59 Å². The molecule has 1 heterocycles. The number of hydrogen-bond acceptors (Lipinski definition) is 3. The van der Waals surface area contributed by atoms with Crippen LogP contribution in [0.15, 0.2) is 36.4 Å². The van der Waals surface area contributed by atoms with E-state index in [1.165, 1.54) is 11.6 Å². The number of para-hydroxylation sites is 1. The van der Waals surface area contributed by atoms with Crippen molar-refractivity contribution >= 4 is 17.5 Å². The van der Waals surface area contributed by atoms with E-state index in [0.717, 1.165) is 12.1 Å². The van der Waals surface area contributed by atoms with E-state index in [-0.39, 0.29) is 17.9 Å². The lowest BCUT2D eigenvalue weighted by atomic mass is 10.1. The van der Waals surface area contributed by atoms with Gasteiger partial charge in [-0.05, 0) is 31.4 Å². The molecule has 1 aliphatic rings. The first kappa shape index (κ1) is 16.2. The van der Waals surface area contributed by atoms with E-state index in [0.29, 0.717) is 13.0 Å². The maximum absolute atomic E-state index is 12.3. The molecule has 1 aliphatic heterocycles. The predicted octanol–water partition coefficient (Wildman–Crippen LogP) is 1.37. The number of hydrogen-bond donors (Lipinski definition) is 2. The zero-order valence-electron chi connectivity index (χ0n) is 13.1. The fourth-order valence-electron chi connectivity index (χ4n) is 2.46. The molecule has 0 saturated heterocycles. The molecule has 2 unspecified atom stereocenters. The van der Waals surface area contributed by atoms with E-state index < -0.39 is 6.04 Å². The molecule has 0 radical (unpaired) electrons. The maximum Gasteiger partial charge on any atom is 0.250 e. The number of nitrogens with zero attached hydrogens (tertiary/aromatic N) is 1. The number of anilines is 1. The number of carbonyl (C=O) groups excluding carboxylic acids is 2. The molecule has 3 N–H and O–H groups in total. The predicted molar refractivity (Wildman–Crippen MR) is 87.5 cm³/mol. The van der Waals surface area contributed by atoms with Crippen molar-refractivity contribution in [3.05, 3.63) is 42.0 Å². The second-order valence-electron chi connectivity index (χ2n) is 5.54. The SMILES string of the molecule is CCC(C=CC(=O)N1CCc2ccccc21)NC(=O)C(C)N. The normalized spacial score (nSPS) is 16.4. The summed E-state index contributed by atoms with van der Waals surface area (Å²) in [5.41, 5.74) is 7.71. The van der Waals surface area contributed by atoms with Crippen molar-refractivity contribution in [1.82, 2.24) is 5.32 Å². The van der Waals surface area contributed by atoms with E-state index >= 15 is 0 Å². The van der Waals surface area contributed by atoms with Gasteiger partial charge in [-0.2, -0.15) is 0 Å². The van der Waals surface area contributed by atoms with Gasteiger partial charge in [-0.1, -0.05) is 31.2 Å². The van der Waals surface area contributed by atoms with Crippen molar-refractivity contribution in [2.45, 2.75) is 38.8 Å². The molecule has 0 saturated carbocycles. The van der Waals surface area contributed by atoms with Gasteiger partial charge in [-0.25, -0.2) is 0 Å². The van der Waals surface area contributed by atoms with Gasteiger partial charge in [0.25, 0.3) is 5.91 Å². The molecule has 0 aromatic heterocycles. The van der Waals surface area contributed by atoms with Gasteiger partial charge in [0.15, 0.2) is 0 Å². The summed E-state index contributed by atoms with van der Waals surface area (Å²) in [6, 6.07) is 7.20. The topological polar surface area (TPSA) is 75.4 Å². The zero-order chi connectivity index (χ0) is 16.1. The van der Waals surface area contributed by atoms with Gasteiger partial charge < -0.3 is 16.0 Å². The molecule has 0 aliphatic carbocycles. The summed E-state index contributed by atoms with van der Waals surface area (Å²) in [7, 11) is 0. The molecule has 5 heteroatoms. The van der Waals surface area contributed by atoms with Crippen LogP contribution in [0, 0.1) is 0 Å². The highest BCUT2D eigenvalue weighted by atomic mass is 16.2. The number of nitrogens with two attached hydrogens (primary N) is 1. The minimum atomic E-state index is -0.552. The second kappa shape index (κ2) is 7.22. The molecule has 2 amide bonds. The Kier molecular flexibility index (Phi) is 5.33. The van der Waals surface area contributed by atoms with Crippen molar-refractivity contribution in [3.63, 3.8) is 0 Å². The Balaban J connectivity index is 2.00. The number of benzene rings is 1. The van der Waals surface area contributed by atoms with E-state index in [9.17, 15) is 9.59 Å². The summed E-state index contributed by atoms with van der Waals surface area (Å²) in [6.45, 7) is 4.29. The van der Waals surface area contributed by atoms with Crippen LogP contribution >= 0.6 is 0 Å². The zero-order valence-corrected chi connectivity index (χ0v) is 13.1. The van der Waals surface area contributed by atoms with Gasteiger partial charge in [0.2, 0.25) is 5.91 Å². The quantitative estimate of drug-likeness (QED) is 0.807. The summed E-state index contributed by atoms with van der Waals surface area (Å²) >= 11 is 0. The third-order valence-corrected chi connectivity index (χ3v) is 3.81. The molecule has 2 atom stereocenters. The number of carbonyl (C=O) groups is 2. The molecule has 1 aromatic carbocycles. The third kappa shape index (κ3) is 3.74. The summed E-state index contributed by atoms with van der Waals surface area (Å²) in [5, 5.41) is 2.81. The molecular formula is C17H23N3O2. The highest BCUT2D eigenvalue weighted by molar-refractivity contribution is 6.03. The Bertz CT molecular complexity index is 581. The summed E-state index contributed by atoms with van der Waals surface area (Å²) in [5.74, 6) is -0.270. The number of nitrogens with one attached hydrogen (secondary N) is 1. The lowest BCUT2D eigenvalue weighted by molar-refractivity contribution is -0.122. The van der Waals surface area contributed by atoms with Crippen LogP contribution < -0.4 is 16.0 Å². The van der Waals surface area contributed by atoms with Crippen molar-refractivity contribution in [3.8, 4) is 0 Å². The molecule has 118 valence electrons. The maximum atomic E-state index is 12.3. The number of rotatable bonds is 5. The molecule has 2 rings (SSSR count). The monoisotopic (exact) mass is 301 g/mol. The Morgan fingerprint density at radius 3 is 2.82 bits per heavy atom. The Morgan fingerprint density at radius 1 is 1.41 bits per heavy atom. The van der Waals surface area contributed by atoms with Crippen molar-refractivity contribution in [1.29, 1.82) is 0 Å². The van der Waals surface area contributed by atoms with Crippen LogP contribution in [0.25, 0.3) is 0 Å². The van der Waals surface area contributed by atoms with Crippen LogP contribution in [-0.4, -0.2) is 30.4 Å². The van der Waals surface area contributed by atoms with Gasteiger partial charge >= 0.3 is 0 Å². The van der Waals surface area contributed by atoms with Gasteiger partial charge in [0, 0.05) is 24.4 Å².